The molecule has 3 nitrogen and oxygen atoms in total. The SMILES string of the molecule is c1ccc(-c2ccccc2-c2ccccc2N(c2ccc(-c3cccc(-n4c5ccccc5c5ccccc54)c3)cc2)c2cccc3c2-c2ccccc2C32c3ccccc3-n3c4ccccc4c4cccc2c43)cc1. The third-order valence-electron chi connectivity index (χ3n) is 16.5. The van der Waals surface area contributed by atoms with Crippen molar-refractivity contribution in [3.05, 3.63) is 307 Å². The zero-order valence-corrected chi connectivity index (χ0v) is 41.5. The third kappa shape index (κ3) is 5.94. The minimum Gasteiger partial charge on any atom is -0.309 e. The summed E-state index contributed by atoms with van der Waals surface area (Å²) in [7, 11) is 0. The first-order valence-corrected chi connectivity index (χ1v) is 26.3. The van der Waals surface area contributed by atoms with Crippen LogP contribution in [0.3, 0.4) is 0 Å². The normalized spacial score (nSPS) is 14.1. The summed E-state index contributed by atoms with van der Waals surface area (Å²) in [5.41, 5.74) is 24.7. The van der Waals surface area contributed by atoms with Gasteiger partial charge in [-0.05, 0) is 116 Å². The fraction of sp³-hybridized carbons (Fsp3) is 0.0137. The zero-order valence-electron chi connectivity index (χ0n) is 41.5. The first-order chi connectivity index (χ1) is 37.8. The van der Waals surface area contributed by atoms with Gasteiger partial charge in [0.2, 0.25) is 0 Å². The van der Waals surface area contributed by atoms with Gasteiger partial charge in [0.1, 0.15) is 0 Å². The van der Waals surface area contributed by atoms with Gasteiger partial charge in [-0.25, -0.2) is 0 Å². The van der Waals surface area contributed by atoms with Crippen molar-refractivity contribution in [3.8, 4) is 55.9 Å². The van der Waals surface area contributed by atoms with Crippen LogP contribution in [-0.4, -0.2) is 9.13 Å². The number of hydrogen-bond acceptors (Lipinski definition) is 1. The van der Waals surface area contributed by atoms with E-state index in [-0.39, 0.29) is 0 Å². The molecule has 0 amide bonds. The van der Waals surface area contributed by atoms with Crippen LogP contribution in [0.5, 0.6) is 0 Å². The number of nitrogens with zero attached hydrogens (tertiary/aromatic N) is 3. The lowest BCUT2D eigenvalue weighted by Crippen LogP contribution is -2.33. The summed E-state index contributed by atoms with van der Waals surface area (Å²) in [4.78, 5) is 2.54. The molecule has 3 heterocycles. The molecule has 0 bridgehead atoms. The van der Waals surface area contributed by atoms with Crippen LogP contribution < -0.4 is 4.90 Å². The van der Waals surface area contributed by atoms with Gasteiger partial charge in [-0.2, -0.15) is 0 Å². The van der Waals surface area contributed by atoms with Crippen LogP contribution in [0.1, 0.15) is 22.3 Å². The summed E-state index contributed by atoms with van der Waals surface area (Å²) in [6.45, 7) is 0. The van der Waals surface area contributed by atoms with Gasteiger partial charge in [0.25, 0.3) is 0 Å². The Balaban J connectivity index is 0.934. The summed E-state index contributed by atoms with van der Waals surface area (Å²) in [5, 5.41) is 5.06. The summed E-state index contributed by atoms with van der Waals surface area (Å²) >= 11 is 0. The third-order valence-corrected chi connectivity index (χ3v) is 16.5. The Morgan fingerprint density at radius 1 is 0.289 bits per heavy atom. The van der Waals surface area contributed by atoms with Crippen molar-refractivity contribution in [2.75, 3.05) is 4.90 Å². The largest absolute Gasteiger partial charge is 0.309 e. The molecule has 1 aliphatic carbocycles. The maximum absolute atomic E-state index is 2.54. The molecular formula is C73H47N3. The van der Waals surface area contributed by atoms with E-state index in [1.807, 2.05) is 0 Å². The molecular weight excluding hydrogens is 919 g/mol. The molecule has 2 aromatic heterocycles. The molecule has 0 fully saturated rings. The smallest absolute Gasteiger partial charge is 0.0755 e. The first-order valence-electron chi connectivity index (χ1n) is 26.3. The average Bonchev–Trinajstić information content (AvgIpc) is 4.15. The Morgan fingerprint density at radius 2 is 0.803 bits per heavy atom. The number of rotatable bonds is 7. The number of hydrogen-bond donors (Lipinski definition) is 0. The second-order valence-electron chi connectivity index (χ2n) is 20.3. The molecule has 14 aromatic rings. The van der Waals surface area contributed by atoms with Gasteiger partial charge < -0.3 is 14.0 Å². The lowest BCUT2D eigenvalue weighted by molar-refractivity contribution is 0.748. The number of anilines is 3. The minimum absolute atomic E-state index is 0.598. The topological polar surface area (TPSA) is 13.1 Å². The Morgan fingerprint density at radius 3 is 1.57 bits per heavy atom. The Hall–Kier alpha value is -9.96. The van der Waals surface area contributed by atoms with Crippen molar-refractivity contribution in [1.29, 1.82) is 0 Å². The molecule has 1 unspecified atom stereocenters. The van der Waals surface area contributed by atoms with Crippen LogP contribution in [0.25, 0.3) is 99.5 Å². The van der Waals surface area contributed by atoms with E-state index in [1.54, 1.807) is 0 Å². The molecule has 3 heteroatoms. The van der Waals surface area contributed by atoms with Gasteiger partial charge in [0.05, 0.1) is 44.5 Å². The van der Waals surface area contributed by atoms with Crippen molar-refractivity contribution in [2.45, 2.75) is 5.41 Å². The van der Waals surface area contributed by atoms with Gasteiger partial charge in [0, 0.05) is 44.0 Å². The maximum atomic E-state index is 2.54. The summed E-state index contributed by atoms with van der Waals surface area (Å²) in [6.07, 6.45) is 0. The molecule has 1 aliphatic heterocycles. The average molecular weight is 966 g/mol. The molecule has 0 saturated heterocycles. The highest BCUT2D eigenvalue weighted by atomic mass is 15.1. The predicted octanol–water partition coefficient (Wildman–Crippen LogP) is 19.0. The van der Waals surface area contributed by atoms with Crippen LogP contribution in [0.4, 0.5) is 17.1 Å². The van der Waals surface area contributed by atoms with E-state index < -0.39 is 5.41 Å². The number of fused-ring (bicyclic) bond motifs is 15. The number of para-hydroxylation sites is 6. The molecule has 2 aliphatic rings. The van der Waals surface area contributed by atoms with Gasteiger partial charge >= 0.3 is 0 Å². The van der Waals surface area contributed by atoms with E-state index in [0.717, 1.165) is 39.4 Å². The quantitative estimate of drug-likeness (QED) is 0.155. The standard InChI is InChI=1S/C73H47N3/c1-2-21-49(22-3-1)53-25-4-5-26-54(53)55-27-7-13-37-65(55)74(51-45-43-48(44-46-51)50-23-18-24-52(47-50)75-66-38-14-8-28-56(66)57-29-9-15-39-67(57)75)70-42-20-35-63-71(70)60-31-6-11-33-61(60)73(63)62-34-12-17-41-69(62)76-68-40-16-10-30-58(68)59-32-19-36-64(73)72(59)76/h1-47H. The van der Waals surface area contributed by atoms with Crippen LogP contribution in [-0.2, 0) is 5.41 Å². The molecule has 16 rings (SSSR count). The van der Waals surface area contributed by atoms with Crippen molar-refractivity contribution in [2.24, 2.45) is 0 Å². The van der Waals surface area contributed by atoms with Crippen molar-refractivity contribution < 1.29 is 0 Å². The minimum atomic E-state index is -0.598. The second kappa shape index (κ2) is 16.5. The highest BCUT2D eigenvalue weighted by Crippen LogP contribution is 2.63. The molecule has 12 aromatic carbocycles. The number of aromatic nitrogens is 2. The van der Waals surface area contributed by atoms with E-state index in [4.69, 9.17) is 0 Å². The Kier molecular flexibility index (Phi) is 9.25. The van der Waals surface area contributed by atoms with E-state index in [1.165, 1.54) is 99.4 Å². The van der Waals surface area contributed by atoms with Crippen LogP contribution in [0, 0.1) is 0 Å². The van der Waals surface area contributed by atoms with Crippen molar-refractivity contribution in [3.63, 3.8) is 0 Å². The van der Waals surface area contributed by atoms with Crippen molar-refractivity contribution >= 4 is 60.7 Å². The highest BCUT2D eigenvalue weighted by Gasteiger charge is 2.51. The molecule has 76 heavy (non-hydrogen) atoms. The van der Waals surface area contributed by atoms with Gasteiger partial charge in [-0.15, -0.1) is 0 Å². The molecule has 0 radical (unpaired) electrons. The fourth-order valence-electron chi connectivity index (χ4n) is 13.5. The van der Waals surface area contributed by atoms with Gasteiger partial charge in [-0.1, -0.05) is 224 Å². The first kappa shape index (κ1) is 42.5. The number of benzene rings is 12. The van der Waals surface area contributed by atoms with Gasteiger partial charge in [0.15, 0.2) is 0 Å². The predicted molar refractivity (Wildman–Crippen MR) is 317 cm³/mol. The lowest BCUT2D eigenvalue weighted by Gasteiger charge is -2.39. The summed E-state index contributed by atoms with van der Waals surface area (Å²) < 4.78 is 4.93. The Bertz CT molecular complexity index is 4600. The summed E-state index contributed by atoms with van der Waals surface area (Å²) in [6, 6.07) is 106. The van der Waals surface area contributed by atoms with E-state index in [2.05, 4.69) is 299 Å². The molecule has 1 spiro atoms. The molecule has 1 atom stereocenters. The summed E-state index contributed by atoms with van der Waals surface area (Å²) in [5.74, 6) is 0. The van der Waals surface area contributed by atoms with Crippen molar-refractivity contribution in [1.82, 2.24) is 9.13 Å². The molecule has 354 valence electrons. The molecule has 0 N–H and O–H groups in total. The second-order valence-corrected chi connectivity index (χ2v) is 20.3. The highest BCUT2D eigenvalue weighted by molar-refractivity contribution is 6.14. The monoisotopic (exact) mass is 965 g/mol. The fourth-order valence-corrected chi connectivity index (χ4v) is 13.5. The van der Waals surface area contributed by atoms with E-state index in [0.29, 0.717) is 0 Å². The van der Waals surface area contributed by atoms with E-state index in [9.17, 15) is 0 Å². The molecule has 0 saturated carbocycles. The van der Waals surface area contributed by atoms with E-state index >= 15 is 0 Å². The maximum Gasteiger partial charge on any atom is 0.0755 e. The van der Waals surface area contributed by atoms with Gasteiger partial charge in [-0.3, -0.25) is 0 Å². The van der Waals surface area contributed by atoms with Crippen LogP contribution in [0.15, 0.2) is 285 Å². The Labute approximate surface area is 441 Å². The van der Waals surface area contributed by atoms with Crippen LogP contribution >= 0.6 is 0 Å². The lowest BCUT2D eigenvalue weighted by atomic mass is 9.65. The van der Waals surface area contributed by atoms with Crippen LogP contribution in [0.2, 0.25) is 0 Å². The zero-order chi connectivity index (χ0) is 49.9.